The third-order valence-corrected chi connectivity index (χ3v) is 5.11. The predicted molar refractivity (Wildman–Crippen MR) is 84.8 cm³/mol. The van der Waals surface area contributed by atoms with Crippen molar-refractivity contribution in [2.75, 3.05) is 18.9 Å². The van der Waals surface area contributed by atoms with Gasteiger partial charge in [-0.3, -0.25) is 0 Å². The number of nitrogens with one attached hydrogen (secondary N) is 2. The Kier molecular flexibility index (Phi) is 6.49. The Morgan fingerprint density at radius 3 is 2.15 bits per heavy atom. The zero-order valence-corrected chi connectivity index (χ0v) is 13.7. The summed E-state index contributed by atoms with van der Waals surface area (Å²) in [5.41, 5.74) is 2.48. The molecule has 0 radical (unpaired) electrons. The molecule has 0 aliphatic heterocycles. The topological polar surface area (TPSA) is 58.2 Å². The first-order chi connectivity index (χ1) is 9.42. The first-order valence-electron chi connectivity index (χ1n) is 7.21. The Bertz CT molecular complexity index is 516. The Hall–Kier alpha value is -1.07. The molecule has 2 N–H and O–H groups in total. The van der Waals surface area contributed by atoms with Crippen LogP contribution in [0.3, 0.4) is 0 Å². The second-order valence-electron chi connectivity index (χ2n) is 5.15. The highest BCUT2D eigenvalue weighted by Crippen LogP contribution is 2.24. The van der Waals surface area contributed by atoms with Crippen molar-refractivity contribution in [3.63, 3.8) is 0 Å². The van der Waals surface area contributed by atoms with E-state index in [1.165, 1.54) is 0 Å². The smallest absolute Gasteiger partial charge is 0.241 e. The van der Waals surface area contributed by atoms with Crippen molar-refractivity contribution in [3.05, 3.63) is 23.3 Å². The number of anilines is 1. The number of rotatable bonds is 8. The lowest BCUT2D eigenvalue weighted by molar-refractivity contribution is 0.572. The van der Waals surface area contributed by atoms with Crippen LogP contribution in [0.25, 0.3) is 0 Å². The number of unbranched alkanes of at least 4 members (excludes halogenated alkanes) is 3. The van der Waals surface area contributed by atoms with E-state index in [9.17, 15) is 8.42 Å². The van der Waals surface area contributed by atoms with Crippen molar-refractivity contribution in [1.82, 2.24) is 4.72 Å². The number of aryl methyl sites for hydroxylation is 2. The molecule has 0 saturated heterocycles. The van der Waals surface area contributed by atoms with Crippen LogP contribution in [0.4, 0.5) is 5.69 Å². The van der Waals surface area contributed by atoms with Gasteiger partial charge in [-0.15, -0.1) is 0 Å². The van der Waals surface area contributed by atoms with Crippen molar-refractivity contribution >= 4 is 15.7 Å². The molecule has 20 heavy (non-hydrogen) atoms. The van der Waals surface area contributed by atoms with Crippen LogP contribution in [0.2, 0.25) is 0 Å². The van der Waals surface area contributed by atoms with Crippen LogP contribution >= 0.6 is 0 Å². The lowest BCUT2D eigenvalue weighted by Gasteiger charge is -2.14. The summed E-state index contributed by atoms with van der Waals surface area (Å²) in [4.78, 5) is 0.409. The van der Waals surface area contributed by atoms with E-state index in [4.69, 9.17) is 0 Å². The maximum absolute atomic E-state index is 12.4. The lowest BCUT2D eigenvalue weighted by atomic mass is 10.1. The van der Waals surface area contributed by atoms with Crippen molar-refractivity contribution < 1.29 is 8.42 Å². The summed E-state index contributed by atoms with van der Waals surface area (Å²) in [5.74, 6) is 0. The molecule has 0 heterocycles. The van der Waals surface area contributed by atoms with Crippen LogP contribution in [0.15, 0.2) is 17.0 Å². The van der Waals surface area contributed by atoms with E-state index in [0.29, 0.717) is 11.4 Å². The van der Waals surface area contributed by atoms with E-state index in [1.807, 2.05) is 33.0 Å². The predicted octanol–water partition coefficient (Wildman–Crippen LogP) is 3.20. The van der Waals surface area contributed by atoms with E-state index in [0.717, 1.165) is 42.5 Å². The van der Waals surface area contributed by atoms with E-state index < -0.39 is 10.0 Å². The summed E-state index contributed by atoms with van der Waals surface area (Å²) in [6, 6.07) is 3.72. The molecule has 1 aromatic carbocycles. The van der Waals surface area contributed by atoms with Gasteiger partial charge >= 0.3 is 0 Å². The van der Waals surface area contributed by atoms with Gasteiger partial charge in [0.25, 0.3) is 0 Å². The van der Waals surface area contributed by atoms with Gasteiger partial charge < -0.3 is 5.32 Å². The van der Waals surface area contributed by atoms with E-state index in [1.54, 1.807) is 0 Å². The van der Waals surface area contributed by atoms with Gasteiger partial charge in [-0.25, -0.2) is 13.1 Å². The average molecular weight is 298 g/mol. The van der Waals surface area contributed by atoms with Gasteiger partial charge in [0.2, 0.25) is 10.0 Å². The van der Waals surface area contributed by atoms with Crippen molar-refractivity contribution in [2.45, 2.75) is 51.3 Å². The normalized spacial score (nSPS) is 11.6. The zero-order chi connectivity index (χ0) is 15.2. The summed E-state index contributed by atoms with van der Waals surface area (Å²) < 4.78 is 27.5. The molecular weight excluding hydrogens is 272 g/mol. The maximum atomic E-state index is 12.4. The summed E-state index contributed by atoms with van der Waals surface area (Å²) in [6.45, 7) is 6.31. The maximum Gasteiger partial charge on any atom is 0.241 e. The molecule has 0 saturated carbocycles. The highest BCUT2D eigenvalue weighted by atomic mass is 32.2. The third kappa shape index (κ3) is 4.49. The molecule has 4 nitrogen and oxygen atoms in total. The van der Waals surface area contributed by atoms with Gasteiger partial charge in [0, 0.05) is 19.3 Å². The summed E-state index contributed by atoms with van der Waals surface area (Å²) >= 11 is 0. The first kappa shape index (κ1) is 17.0. The van der Waals surface area contributed by atoms with Crippen LogP contribution < -0.4 is 10.0 Å². The second-order valence-corrected chi connectivity index (χ2v) is 6.85. The van der Waals surface area contributed by atoms with Gasteiger partial charge in [-0.2, -0.15) is 0 Å². The fourth-order valence-corrected chi connectivity index (χ4v) is 3.87. The zero-order valence-electron chi connectivity index (χ0n) is 12.9. The number of hydrogen-bond donors (Lipinski definition) is 2. The minimum Gasteiger partial charge on any atom is -0.388 e. The molecule has 0 aliphatic rings. The molecule has 0 fully saturated rings. The molecule has 0 aliphatic carbocycles. The van der Waals surface area contributed by atoms with Crippen molar-refractivity contribution in [3.8, 4) is 0 Å². The van der Waals surface area contributed by atoms with E-state index in [-0.39, 0.29) is 0 Å². The van der Waals surface area contributed by atoms with Gasteiger partial charge in [-0.1, -0.05) is 26.2 Å². The van der Waals surface area contributed by atoms with Crippen LogP contribution in [0.5, 0.6) is 0 Å². The first-order valence-corrected chi connectivity index (χ1v) is 8.69. The number of benzene rings is 1. The minimum absolute atomic E-state index is 0.409. The Morgan fingerprint density at radius 2 is 1.65 bits per heavy atom. The molecule has 0 amide bonds. The molecule has 0 aromatic heterocycles. The van der Waals surface area contributed by atoms with Gasteiger partial charge in [0.05, 0.1) is 4.90 Å². The molecule has 114 valence electrons. The fourth-order valence-electron chi connectivity index (χ4n) is 2.35. The Labute approximate surface area is 123 Å². The van der Waals surface area contributed by atoms with Gasteiger partial charge in [0.15, 0.2) is 0 Å². The second kappa shape index (κ2) is 7.64. The third-order valence-electron chi connectivity index (χ3n) is 3.34. The Morgan fingerprint density at radius 1 is 1.05 bits per heavy atom. The van der Waals surface area contributed by atoms with Crippen molar-refractivity contribution in [1.29, 1.82) is 0 Å². The number of sulfonamides is 1. The molecule has 0 spiro atoms. The summed E-state index contributed by atoms with van der Waals surface area (Å²) in [5, 5.41) is 3.04. The molecule has 1 rings (SSSR count). The Balaban J connectivity index is 2.82. The van der Waals surface area contributed by atoms with E-state index >= 15 is 0 Å². The highest BCUT2D eigenvalue weighted by molar-refractivity contribution is 7.89. The monoisotopic (exact) mass is 298 g/mol. The SMILES string of the molecule is CCCCCCNS(=O)(=O)c1c(C)cc(NC)cc1C. The molecule has 5 heteroatoms. The summed E-state index contributed by atoms with van der Waals surface area (Å²) in [6.07, 6.45) is 4.25. The highest BCUT2D eigenvalue weighted by Gasteiger charge is 2.19. The quantitative estimate of drug-likeness (QED) is 0.725. The van der Waals surface area contributed by atoms with Gasteiger partial charge in [-0.05, 0) is 43.5 Å². The lowest BCUT2D eigenvalue weighted by Crippen LogP contribution is -2.26. The van der Waals surface area contributed by atoms with Crippen LogP contribution in [-0.2, 0) is 10.0 Å². The molecular formula is C15H26N2O2S. The molecule has 0 unspecified atom stereocenters. The fraction of sp³-hybridized carbons (Fsp3) is 0.600. The largest absolute Gasteiger partial charge is 0.388 e. The van der Waals surface area contributed by atoms with Crippen molar-refractivity contribution in [2.24, 2.45) is 0 Å². The standard InChI is InChI=1S/C15H26N2O2S/c1-5-6-7-8-9-17-20(18,19)15-12(2)10-14(16-4)11-13(15)3/h10-11,16-17H,5-9H2,1-4H3. The van der Waals surface area contributed by atoms with Gasteiger partial charge in [0.1, 0.15) is 0 Å². The molecule has 0 bridgehead atoms. The molecule has 1 aromatic rings. The van der Waals surface area contributed by atoms with Crippen LogP contribution in [0, 0.1) is 13.8 Å². The average Bonchev–Trinajstić information content (AvgIpc) is 2.37. The van der Waals surface area contributed by atoms with Crippen LogP contribution in [-0.4, -0.2) is 22.0 Å². The van der Waals surface area contributed by atoms with E-state index in [2.05, 4.69) is 17.0 Å². The summed E-state index contributed by atoms with van der Waals surface area (Å²) in [7, 11) is -1.58. The molecule has 0 atom stereocenters. The van der Waals surface area contributed by atoms with Crippen LogP contribution in [0.1, 0.15) is 43.7 Å². The number of hydrogen-bond acceptors (Lipinski definition) is 3. The minimum atomic E-state index is -3.41.